The molecular weight excluding hydrogens is 587 g/mol. The molecule has 5 rings (SSSR count). The second-order valence-corrected chi connectivity index (χ2v) is 12.9. The van der Waals surface area contributed by atoms with Gasteiger partial charge in [0.1, 0.15) is 6.61 Å². The molecule has 2 aliphatic rings. The molecule has 1 fully saturated rings. The molecule has 3 aromatic rings. The van der Waals surface area contributed by atoms with Crippen LogP contribution in [0.1, 0.15) is 64.8 Å². The Hall–Kier alpha value is -3.02. The van der Waals surface area contributed by atoms with Crippen molar-refractivity contribution in [2.24, 2.45) is 0 Å². The summed E-state index contributed by atoms with van der Waals surface area (Å²) < 4.78 is 27.4. The number of pyridine rings is 1. The average molecular weight is 618 g/mol. The van der Waals surface area contributed by atoms with Gasteiger partial charge in [-0.05, 0) is 54.3 Å². The van der Waals surface area contributed by atoms with E-state index in [0.717, 1.165) is 19.1 Å². The number of sulfonamides is 1. The fourth-order valence-electron chi connectivity index (χ4n) is 5.86. The molecule has 0 radical (unpaired) electrons. The van der Waals surface area contributed by atoms with Crippen molar-refractivity contribution in [1.82, 2.24) is 20.1 Å². The van der Waals surface area contributed by atoms with Crippen LogP contribution in [0, 0.1) is 0 Å². The van der Waals surface area contributed by atoms with Gasteiger partial charge in [-0.1, -0.05) is 66.4 Å². The number of hydrogen-bond donors (Lipinski definition) is 2. The molecule has 0 spiro atoms. The summed E-state index contributed by atoms with van der Waals surface area (Å²) in [6.07, 6.45) is 5.44. The van der Waals surface area contributed by atoms with Gasteiger partial charge in [0.05, 0.1) is 23.9 Å². The van der Waals surface area contributed by atoms with Crippen molar-refractivity contribution in [1.29, 1.82) is 0 Å². The molecule has 41 heavy (non-hydrogen) atoms. The zero-order valence-electron chi connectivity index (χ0n) is 22.3. The largest absolute Gasteiger partial charge is 0.326 e. The van der Waals surface area contributed by atoms with E-state index in [1.807, 2.05) is 6.07 Å². The van der Waals surface area contributed by atoms with Crippen molar-refractivity contribution in [3.8, 4) is 0 Å². The summed E-state index contributed by atoms with van der Waals surface area (Å²) in [5.74, 6) is -1.71. The first kappa shape index (κ1) is 29.5. The van der Waals surface area contributed by atoms with Gasteiger partial charge in [-0.3, -0.25) is 19.4 Å². The predicted octanol–water partition coefficient (Wildman–Crippen LogP) is 4.78. The summed E-state index contributed by atoms with van der Waals surface area (Å²) >= 11 is 13.0. The van der Waals surface area contributed by atoms with Crippen LogP contribution in [0.3, 0.4) is 0 Å². The lowest BCUT2D eigenvalue weighted by Gasteiger charge is -2.49. The maximum atomic E-state index is 14.3. The Kier molecular flexibility index (Phi) is 8.96. The van der Waals surface area contributed by atoms with Crippen LogP contribution in [0.5, 0.6) is 0 Å². The molecule has 9 nitrogen and oxygen atoms in total. The number of nitrogens with one attached hydrogen (secondary N) is 2. The third-order valence-electron chi connectivity index (χ3n) is 7.51. The van der Waals surface area contributed by atoms with Gasteiger partial charge in [0, 0.05) is 33.9 Å². The van der Waals surface area contributed by atoms with Crippen LogP contribution < -0.4 is 10.2 Å². The number of halogens is 2. The van der Waals surface area contributed by atoms with Crippen LogP contribution >= 0.6 is 23.2 Å². The second kappa shape index (κ2) is 12.5. The third kappa shape index (κ3) is 6.57. The minimum Gasteiger partial charge on any atom is -0.326 e. The van der Waals surface area contributed by atoms with Crippen molar-refractivity contribution >= 4 is 45.0 Å². The fraction of sp³-hybridized carbons (Fsp3) is 0.345. The Morgan fingerprint density at radius 2 is 1.80 bits per heavy atom. The minimum atomic E-state index is -3.57. The van der Waals surface area contributed by atoms with Crippen molar-refractivity contribution < 1.29 is 22.8 Å². The highest BCUT2D eigenvalue weighted by molar-refractivity contribution is 7.88. The normalized spacial score (nSPS) is 22.7. The molecule has 216 valence electrons. The molecule has 2 aromatic carbocycles. The van der Waals surface area contributed by atoms with Gasteiger partial charge < -0.3 is 4.90 Å². The smallest absolute Gasteiger partial charge is 0.255 e. The molecule has 2 N–H and O–H groups in total. The second-order valence-electron chi connectivity index (χ2n) is 10.3. The molecular formula is C29H30Cl2N4O5S. The van der Waals surface area contributed by atoms with Gasteiger partial charge in [-0.25, -0.2) is 18.6 Å². The number of rotatable bonds is 8. The van der Waals surface area contributed by atoms with Crippen molar-refractivity contribution in [3.05, 3.63) is 99.3 Å². The highest BCUT2D eigenvalue weighted by Crippen LogP contribution is 2.47. The maximum Gasteiger partial charge on any atom is 0.255 e. The van der Waals surface area contributed by atoms with E-state index in [2.05, 4.69) is 15.2 Å². The van der Waals surface area contributed by atoms with Crippen LogP contribution in [0.2, 0.25) is 10.0 Å². The topological polar surface area (TPSA) is 118 Å². The lowest BCUT2D eigenvalue weighted by Crippen LogP contribution is -2.59. The molecule has 1 saturated carbocycles. The first-order chi connectivity index (χ1) is 19.6. The molecule has 1 aliphatic carbocycles. The van der Waals surface area contributed by atoms with E-state index < -0.39 is 40.0 Å². The first-order valence-corrected chi connectivity index (χ1v) is 15.9. The lowest BCUT2D eigenvalue weighted by atomic mass is 9.76. The van der Waals surface area contributed by atoms with Gasteiger partial charge in [0.15, 0.2) is 0 Å². The van der Waals surface area contributed by atoms with Crippen molar-refractivity contribution in [2.75, 3.05) is 6.26 Å². The Balaban J connectivity index is 1.60. The number of aromatic nitrogens is 1. The van der Waals surface area contributed by atoms with Crippen LogP contribution in [-0.4, -0.2) is 48.5 Å². The first-order valence-electron chi connectivity index (χ1n) is 13.3. The number of fused-ring (bicyclic) bond motifs is 1. The van der Waals surface area contributed by atoms with E-state index in [-0.39, 0.29) is 17.5 Å². The number of nitrogens with zero attached hydrogens (tertiary/aromatic N) is 2. The van der Waals surface area contributed by atoms with Crippen molar-refractivity contribution in [2.45, 2.75) is 56.3 Å². The summed E-state index contributed by atoms with van der Waals surface area (Å²) in [5, 5.41) is 0.692. The van der Waals surface area contributed by atoms with Gasteiger partial charge in [0.25, 0.3) is 11.8 Å². The number of hydrogen-bond acceptors (Lipinski definition) is 6. The highest BCUT2D eigenvalue weighted by Gasteiger charge is 2.49. The third-order valence-corrected chi connectivity index (χ3v) is 8.80. The van der Waals surface area contributed by atoms with E-state index in [1.165, 1.54) is 0 Å². The van der Waals surface area contributed by atoms with Gasteiger partial charge in [0.2, 0.25) is 10.0 Å². The Bertz CT molecular complexity index is 1540. The number of hydroxylamine groups is 1. The molecule has 1 aliphatic heterocycles. The highest BCUT2D eigenvalue weighted by atomic mass is 35.5. The zero-order chi connectivity index (χ0) is 29.1. The lowest BCUT2D eigenvalue weighted by molar-refractivity contribution is -0.138. The quantitative estimate of drug-likeness (QED) is 0.352. The number of carbonyl (C=O) groups excluding carboxylic acids is 2. The van der Waals surface area contributed by atoms with Crippen LogP contribution in [0.4, 0.5) is 0 Å². The number of carbonyl (C=O) groups is 2. The summed E-state index contributed by atoms with van der Waals surface area (Å²) in [6.45, 7) is 0.0406. The molecule has 2 heterocycles. The maximum absolute atomic E-state index is 14.3. The molecule has 0 saturated heterocycles. The molecule has 1 aromatic heterocycles. The molecule has 2 amide bonds. The summed E-state index contributed by atoms with van der Waals surface area (Å²) in [4.78, 5) is 39.7. The molecule has 1 unspecified atom stereocenters. The SMILES string of the molecule is CS(=O)(=O)NC1CCCC[C@@H]1N1C(=O)c2ccccc2[C@@H](C(=O)NOCc2ccccn2)[C@@H]1c1ccc(Cl)cc1Cl. The number of benzene rings is 2. The van der Waals surface area contributed by atoms with Gasteiger partial charge in [-0.15, -0.1) is 0 Å². The summed E-state index contributed by atoms with van der Waals surface area (Å²) in [5.41, 5.74) is 4.59. The van der Waals surface area contributed by atoms with E-state index in [0.29, 0.717) is 40.2 Å². The molecule has 0 bridgehead atoms. The minimum absolute atomic E-state index is 0.0406. The van der Waals surface area contributed by atoms with E-state index in [4.69, 9.17) is 28.0 Å². The average Bonchev–Trinajstić information content (AvgIpc) is 2.93. The van der Waals surface area contributed by atoms with Crippen LogP contribution in [0.15, 0.2) is 66.9 Å². The Labute approximate surface area is 249 Å². The van der Waals surface area contributed by atoms with E-state index in [1.54, 1.807) is 65.7 Å². The van der Waals surface area contributed by atoms with Gasteiger partial charge in [-0.2, -0.15) is 0 Å². The van der Waals surface area contributed by atoms with E-state index >= 15 is 0 Å². The zero-order valence-corrected chi connectivity index (χ0v) is 24.6. The summed E-state index contributed by atoms with van der Waals surface area (Å²) in [6, 6.07) is 15.3. The molecule has 12 heteroatoms. The predicted molar refractivity (Wildman–Crippen MR) is 156 cm³/mol. The Morgan fingerprint density at radius 3 is 2.54 bits per heavy atom. The van der Waals surface area contributed by atoms with Gasteiger partial charge >= 0.3 is 0 Å². The van der Waals surface area contributed by atoms with Crippen molar-refractivity contribution in [3.63, 3.8) is 0 Å². The summed E-state index contributed by atoms with van der Waals surface area (Å²) in [7, 11) is -3.57. The fourth-order valence-corrected chi connectivity index (χ4v) is 7.20. The van der Waals surface area contributed by atoms with E-state index in [9.17, 15) is 18.0 Å². The standard InChI is InChI=1S/C29H30Cl2N4O5S/c1-41(38,39)34-24-11-4-5-12-25(24)35-27(22-14-13-18(30)16-23(22)31)26(20-9-2-3-10-21(20)29(35)37)28(36)33-40-17-19-8-6-7-15-32-19/h2-3,6-10,13-16,24-27,34H,4-5,11-12,17H2,1H3,(H,33,36)/t24?,25-,26+,27-/m0/s1. The monoisotopic (exact) mass is 616 g/mol. The molecule has 4 atom stereocenters. The Morgan fingerprint density at radius 1 is 1.05 bits per heavy atom. The number of amides is 2. The van der Waals surface area contributed by atoms with Crippen LogP contribution in [0.25, 0.3) is 0 Å². The van der Waals surface area contributed by atoms with Crippen LogP contribution in [-0.2, 0) is 26.3 Å².